The van der Waals surface area contributed by atoms with Crippen LogP contribution in [0.25, 0.3) is 0 Å². The van der Waals surface area contributed by atoms with E-state index in [2.05, 4.69) is 16.2 Å². The molecule has 0 saturated carbocycles. The van der Waals surface area contributed by atoms with Crippen molar-refractivity contribution in [2.45, 2.75) is 27.3 Å². The number of aryl methyl sites for hydroxylation is 3. The van der Waals surface area contributed by atoms with Crippen molar-refractivity contribution in [3.05, 3.63) is 40.4 Å². The van der Waals surface area contributed by atoms with E-state index in [9.17, 15) is 5.26 Å². The summed E-state index contributed by atoms with van der Waals surface area (Å²) in [6.45, 7) is 6.25. The van der Waals surface area contributed by atoms with Crippen molar-refractivity contribution in [2.24, 2.45) is 0 Å². The molecule has 0 atom stereocenters. The average molecular weight is 256 g/mol. The lowest BCUT2D eigenvalue weighted by atomic mass is 10.1. The third-order valence-corrected chi connectivity index (χ3v) is 2.87. The van der Waals surface area contributed by atoms with Gasteiger partial charge in [-0.3, -0.25) is 0 Å². The largest absolute Gasteiger partial charge is 0.361 e. The summed E-state index contributed by atoms with van der Waals surface area (Å²) in [6.07, 6.45) is 0. The first-order valence-electron chi connectivity index (χ1n) is 6.03. The van der Waals surface area contributed by atoms with Crippen molar-refractivity contribution in [1.29, 1.82) is 5.26 Å². The second kappa shape index (κ2) is 5.11. The number of nitrogens with zero attached hydrogens (tertiary/aromatic N) is 4. The minimum absolute atomic E-state index is 0.557. The highest BCUT2D eigenvalue weighted by molar-refractivity contribution is 5.57. The lowest BCUT2D eigenvalue weighted by molar-refractivity contribution is 0.390. The summed E-state index contributed by atoms with van der Waals surface area (Å²) in [4.78, 5) is 6.37. The van der Waals surface area contributed by atoms with Gasteiger partial charge >= 0.3 is 0 Å². The molecule has 98 valence electrons. The minimum atomic E-state index is 0.557. The summed E-state index contributed by atoms with van der Waals surface area (Å²) in [6, 6.07) is 6.01. The molecular weight excluding hydrogens is 240 g/mol. The number of aromatic nitrogens is 2. The van der Waals surface area contributed by atoms with Crippen LogP contribution in [0, 0.1) is 32.1 Å². The van der Waals surface area contributed by atoms with Crippen molar-refractivity contribution >= 4 is 5.82 Å². The summed E-state index contributed by atoms with van der Waals surface area (Å²) >= 11 is 0. The monoisotopic (exact) mass is 256 g/mol. The van der Waals surface area contributed by atoms with Crippen LogP contribution in [0.5, 0.6) is 0 Å². The Morgan fingerprint density at radius 1 is 1.32 bits per heavy atom. The SMILES string of the molecule is Cc1cc(C)c(C#N)c(N(C)Cc2cc(C)on2)n1. The Morgan fingerprint density at radius 2 is 2.05 bits per heavy atom. The number of nitriles is 1. The Bertz CT molecular complexity index is 639. The molecule has 0 amide bonds. The zero-order valence-electron chi connectivity index (χ0n) is 11.6. The lowest BCUT2D eigenvalue weighted by Gasteiger charge is -2.19. The van der Waals surface area contributed by atoms with Crippen LogP contribution in [0.3, 0.4) is 0 Å². The molecule has 0 aliphatic carbocycles. The van der Waals surface area contributed by atoms with Gasteiger partial charge in [0.05, 0.1) is 12.1 Å². The van der Waals surface area contributed by atoms with Gasteiger partial charge in [-0.15, -0.1) is 0 Å². The predicted molar refractivity (Wildman–Crippen MR) is 71.8 cm³/mol. The topological polar surface area (TPSA) is 66.0 Å². The first-order chi connectivity index (χ1) is 9.01. The summed E-state index contributed by atoms with van der Waals surface area (Å²) in [5.74, 6) is 1.46. The molecule has 2 heterocycles. The minimum Gasteiger partial charge on any atom is -0.361 e. The van der Waals surface area contributed by atoms with Crippen LogP contribution in [0.4, 0.5) is 5.82 Å². The Labute approximate surface area is 112 Å². The molecule has 0 aromatic carbocycles. The molecule has 2 rings (SSSR count). The molecular formula is C14H16N4O. The van der Waals surface area contributed by atoms with Gasteiger partial charge in [-0.1, -0.05) is 5.16 Å². The van der Waals surface area contributed by atoms with Crippen LogP contribution in [0.1, 0.15) is 28.3 Å². The molecule has 0 spiro atoms. The summed E-state index contributed by atoms with van der Waals surface area (Å²) in [7, 11) is 1.89. The average Bonchev–Trinajstić information content (AvgIpc) is 2.73. The number of pyridine rings is 1. The molecule has 5 heteroatoms. The van der Waals surface area contributed by atoms with E-state index in [0.717, 1.165) is 22.7 Å². The highest BCUT2D eigenvalue weighted by Gasteiger charge is 2.14. The molecule has 19 heavy (non-hydrogen) atoms. The molecule has 0 fully saturated rings. The van der Waals surface area contributed by atoms with Gasteiger partial charge in [-0.2, -0.15) is 5.26 Å². The van der Waals surface area contributed by atoms with Crippen LogP contribution in [-0.2, 0) is 6.54 Å². The van der Waals surface area contributed by atoms with Crippen LogP contribution < -0.4 is 4.90 Å². The highest BCUT2D eigenvalue weighted by atomic mass is 16.5. The van der Waals surface area contributed by atoms with Gasteiger partial charge < -0.3 is 9.42 Å². The second-order valence-electron chi connectivity index (χ2n) is 4.68. The molecule has 2 aromatic heterocycles. The molecule has 0 bridgehead atoms. The van der Waals surface area contributed by atoms with Crippen molar-refractivity contribution in [3.8, 4) is 6.07 Å². The molecule has 0 radical (unpaired) electrons. The van der Waals surface area contributed by atoms with Crippen molar-refractivity contribution in [2.75, 3.05) is 11.9 Å². The molecule has 0 saturated heterocycles. The highest BCUT2D eigenvalue weighted by Crippen LogP contribution is 2.22. The van der Waals surface area contributed by atoms with E-state index < -0.39 is 0 Å². The molecule has 5 nitrogen and oxygen atoms in total. The maximum Gasteiger partial charge on any atom is 0.147 e. The first kappa shape index (κ1) is 13.1. The number of hydrogen-bond donors (Lipinski definition) is 0. The van der Waals surface area contributed by atoms with Crippen LogP contribution in [0.15, 0.2) is 16.7 Å². The Kier molecular flexibility index (Phi) is 3.52. The van der Waals surface area contributed by atoms with E-state index in [1.54, 1.807) is 0 Å². The van der Waals surface area contributed by atoms with E-state index >= 15 is 0 Å². The molecule has 0 aliphatic heterocycles. The first-order valence-corrected chi connectivity index (χ1v) is 6.03. The van der Waals surface area contributed by atoms with Gasteiger partial charge in [0.15, 0.2) is 0 Å². The van der Waals surface area contributed by atoms with E-state index in [-0.39, 0.29) is 0 Å². The molecule has 0 N–H and O–H groups in total. The zero-order valence-corrected chi connectivity index (χ0v) is 11.6. The van der Waals surface area contributed by atoms with Crippen molar-refractivity contribution in [1.82, 2.24) is 10.1 Å². The Balaban J connectivity index is 2.33. The summed E-state index contributed by atoms with van der Waals surface area (Å²) < 4.78 is 5.04. The molecule has 2 aromatic rings. The second-order valence-corrected chi connectivity index (χ2v) is 4.68. The maximum absolute atomic E-state index is 9.26. The van der Waals surface area contributed by atoms with Crippen molar-refractivity contribution < 1.29 is 4.52 Å². The third-order valence-electron chi connectivity index (χ3n) is 2.87. The van der Waals surface area contributed by atoms with Crippen LogP contribution in [-0.4, -0.2) is 17.2 Å². The van der Waals surface area contributed by atoms with Gasteiger partial charge in [0.1, 0.15) is 23.3 Å². The normalized spacial score (nSPS) is 10.3. The van der Waals surface area contributed by atoms with Gasteiger partial charge in [-0.25, -0.2) is 4.98 Å². The van der Waals surface area contributed by atoms with Gasteiger partial charge in [0, 0.05) is 18.8 Å². The van der Waals surface area contributed by atoms with Crippen molar-refractivity contribution in [3.63, 3.8) is 0 Å². The van der Waals surface area contributed by atoms with Gasteiger partial charge in [-0.05, 0) is 32.4 Å². The van der Waals surface area contributed by atoms with Crippen LogP contribution >= 0.6 is 0 Å². The number of rotatable bonds is 3. The standard InChI is InChI=1S/C14H16N4O/c1-9-5-10(2)16-14(13(9)7-15)18(4)8-12-6-11(3)19-17-12/h5-6H,8H2,1-4H3. The quantitative estimate of drug-likeness (QED) is 0.844. The van der Waals surface area contributed by atoms with E-state index in [4.69, 9.17) is 4.52 Å². The zero-order chi connectivity index (χ0) is 14.0. The molecule has 0 unspecified atom stereocenters. The van der Waals surface area contributed by atoms with Crippen LogP contribution in [0.2, 0.25) is 0 Å². The Hall–Kier alpha value is -2.35. The fraction of sp³-hybridized carbons (Fsp3) is 0.357. The van der Waals surface area contributed by atoms with Gasteiger partial charge in [0.25, 0.3) is 0 Å². The summed E-state index contributed by atoms with van der Waals surface area (Å²) in [5.41, 5.74) is 3.26. The fourth-order valence-corrected chi connectivity index (χ4v) is 2.04. The molecule has 0 aliphatic rings. The third kappa shape index (κ3) is 2.74. The van der Waals surface area contributed by atoms with E-state index in [1.165, 1.54) is 0 Å². The Morgan fingerprint density at radius 3 is 2.63 bits per heavy atom. The lowest BCUT2D eigenvalue weighted by Crippen LogP contribution is -2.20. The summed E-state index contributed by atoms with van der Waals surface area (Å²) in [5, 5.41) is 13.2. The maximum atomic E-state index is 9.26. The van der Waals surface area contributed by atoms with Gasteiger partial charge in [0.2, 0.25) is 0 Å². The van der Waals surface area contributed by atoms with E-state index in [1.807, 2.05) is 44.9 Å². The number of hydrogen-bond acceptors (Lipinski definition) is 5. The smallest absolute Gasteiger partial charge is 0.147 e. The van der Waals surface area contributed by atoms with E-state index in [0.29, 0.717) is 17.9 Å². The fourth-order valence-electron chi connectivity index (χ4n) is 2.04. The predicted octanol–water partition coefficient (Wildman–Crippen LogP) is 2.50. The number of anilines is 1.